The van der Waals surface area contributed by atoms with Crippen LogP contribution >= 0.6 is 11.6 Å². The summed E-state index contributed by atoms with van der Waals surface area (Å²) in [4.78, 5) is 16.8. The first-order valence-electron chi connectivity index (χ1n) is 4.13. The molecule has 0 saturated heterocycles. The van der Waals surface area contributed by atoms with Crippen molar-refractivity contribution >= 4 is 17.3 Å². The Bertz CT molecular complexity index is 496. The van der Waals surface area contributed by atoms with E-state index in [-0.39, 0.29) is 10.8 Å². The molecule has 0 aliphatic heterocycles. The van der Waals surface area contributed by atoms with Crippen LogP contribution in [0.15, 0.2) is 30.6 Å². The molecule has 6 heteroatoms. The second-order valence-corrected chi connectivity index (χ2v) is 3.20. The van der Waals surface area contributed by atoms with Crippen molar-refractivity contribution in [3.8, 4) is 11.3 Å². The fourth-order valence-electron chi connectivity index (χ4n) is 1.32. The van der Waals surface area contributed by atoms with Gasteiger partial charge in [0, 0.05) is 12.4 Å². The van der Waals surface area contributed by atoms with E-state index in [1.807, 2.05) is 0 Å². The van der Waals surface area contributed by atoms with E-state index in [1.54, 1.807) is 24.4 Å². The number of pyridine rings is 1. The summed E-state index contributed by atoms with van der Waals surface area (Å²) in [7, 11) is 0. The smallest absolute Gasteiger partial charge is 0.315 e. The lowest BCUT2D eigenvalue weighted by Gasteiger charge is -2.00. The standard InChI is InChI=1S/C9H6ClN3O2/c10-9-8(13(14)15)6(3-5-12-9)7-2-1-4-11-7/h1-5,11H. The Balaban J connectivity index is 2.66. The van der Waals surface area contributed by atoms with Gasteiger partial charge >= 0.3 is 5.69 Å². The summed E-state index contributed by atoms with van der Waals surface area (Å²) >= 11 is 5.67. The van der Waals surface area contributed by atoms with Gasteiger partial charge in [0.05, 0.1) is 16.2 Å². The van der Waals surface area contributed by atoms with E-state index in [9.17, 15) is 10.1 Å². The number of halogens is 1. The summed E-state index contributed by atoms with van der Waals surface area (Å²) in [6.45, 7) is 0. The molecule has 0 unspecified atom stereocenters. The zero-order valence-electron chi connectivity index (χ0n) is 7.48. The van der Waals surface area contributed by atoms with E-state index in [0.717, 1.165) is 0 Å². The fraction of sp³-hybridized carbons (Fsp3) is 0. The first-order chi connectivity index (χ1) is 7.20. The number of nitrogens with zero attached hydrogens (tertiary/aromatic N) is 2. The summed E-state index contributed by atoms with van der Waals surface area (Å²) in [5.74, 6) is 0. The summed E-state index contributed by atoms with van der Waals surface area (Å²) < 4.78 is 0. The molecule has 15 heavy (non-hydrogen) atoms. The molecule has 5 nitrogen and oxygen atoms in total. The third-order valence-electron chi connectivity index (χ3n) is 1.95. The first kappa shape index (κ1) is 9.67. The topological polar surface area (TPSA) is 71.8 Å². The number of hydrogen-bond acceptors (Lipinski definition) is 3. The minimum Gasteiger partial charge on any atom is -0.361 e. The second kappa shape index (κ2) is 3.70. The van der Waals surface area contributed by atoms with Gasteiger partial charge < -0.3 is 4.98 Å². The number of nitrogens with one attached hydrogen (secondary N) is 1. The molecule has 2 heterocycles. The van der Waals surface area contributed by atoms with Gasteiger partial charge in [-0.2, -0.15) is 0 Å². The summed E-state index contributed by atoms with van der Waals surface area (Å²) in [6, 6.07) is 5.04. The lowest BCUT2D eigenvalue weighted by atomic mass is 10.2. The van der Waals surface area contributed by atoms with Crippen LogP contribution in [0.5, 0.6) is 0 Å². The molecular weight excluding hydrogens is 218 g/mol. The Morgan fingerprint density at radius 3 is 2.87 bits per heavy atom. The normalized spacial score (nSPS) is 10.2. The van der Waals surface area contributed by atoms with E-state index in [0.29, 0.717) is 11.3 Å². The summed E-state index contributed by atoms with van der Waals surface area (Å²) in [5.41, 5.74) is 0.901. The number of aromatic nitrogens is 2. The highest BCUT2D eigenvalue weighted by molar-refractivity contribution is 6.32. The average molecular weight is 224 g/mol. The lowest BCUT2D eigenvalue weighted by molar-refractivity contribution is -0.384. The largest absolute Gasteiger partial charge is 0.361 e. The molecule has 2 aromatic rings. The molecule has 0 aliphatic carbocycles. The number of hydrogen-bond donors (Lipinski definition) is 1. The third kappa shape index (κ3) is 1.69. The molecule has 0 radical (unpaired) electrons. The SMILES string of the molecule is O=[N+]([O-])c1c(-c2ccc[nH]2)ccnc1Cl. The van der Waals surface area contributed by atoms with Gasteiger partial charge in [0.2, 0.25) is 5.15 Å². The molecule has 0 fully saturated rings. The maximum atomic E-state index is 10.8. The monoisotopic (exact) mass is 223 g/mol. The van der Waals surface area contributed by atoms with Crippen LogP contribution in [-0.4, -0.2) is 14.9 Å². The van der Waals surface area contributed by atoms with Crippen molar-refractivity contribution in [3.63, 3.8) is 0 Å². The Kier molecular flexibility index (Phi) is 2.39. The Hall–Kier alpha value is -1.88. The third-order valence-corrected chi connectivity index (χ3v) is 2.23. The van der Waals surface area contributed by atoms with Crippen molar-refractivity contribution < 1.29 is 4.92 Å². The second-order valence-electron chi connectivity index (χ2n) is 2.84. The molecule has 2 aromatic heterocycles. The van der Waals surface area contributed by atoms with Crippen LogP contribution in [0.1, 0.15) is 0 Å². The minimum absolute atomic E-state index is 0.105. The van der Waals surface area contributed by atoms with E-state index in [4.69, 9.17) is 11.6 Å². The van der Waals surface area contributed by atoms with Crippen molar-refractivity contribution in [1.82, 2.24) is 9.97 Å². The summed E-state index contributed by atoms with van der Waals surface area (Å²) in [6.07, 6.45) is 3.12. The van der Waals surface area contributed by atoms with Gasteiger partial charge in [0.15, 0.2) is 0 Å². The van der Waals surface area contributed by atoms with Gasteiger partial charge in [-0.25, -0.2) is 4.98 Å². The summed E-state index contributed by atoms with van der Waals surface area (Å²) in [5, 5.41) is 10.7. The van der Waals surface area contributed by atoms with Gasteiger partial charge in [-0.15, -0.1) is 0 Å². The maximum absolute atomic E-state index is 10.8. The molecule has 0 atom stereocenters. The van der Waals surface area contributed by atoms with Gasteiger partial charge in [0.25, 0.3) is 0 Å². The Morgan fingerprint density at radius 2 is 2.27 bits per heavy atom. The quantitative estimate of drug-likeness (QED) is 0.483. The van der Waals surface area contributed by atoms with Crippen LogP contribution in [0, 0.1) is 10.1 Å². The lowest BCUT2D eigenvalue weighted by Crippen LogP contribution is -1.94. The van der Waals surface area contributed by atoms with Crippen LogP contribution in [0.4, 0.5) is 5.69 Å². The van der Waals surface area contributed by atoms with Crippen molar-refractivity contribution in [3.05, 3.63) is 45.9 Å². The molecule has 0 amide bonds. The van der Waals surface area contributed by atoms with Crippen LogP contribution in [0.25, 0.3) is 11.3 Å². The van der Waals surface area contributed by atoms with E-state index in [1.165, 1.54) is 6.20 Å². The van der Waals surface area contributed by atoms with Crippen LogP contribution in [0.3, 0.4) is 0 Å². The molecule has 76 valence electrons. The first-order valence-corrected chi connectivity index (χ1v) is 4.50. The van der Waals surface area contributed by atoms with E-state index < -0.39 is 4.92 Å². The highest BCUT2D eigenvalue weighted by atomic mass is 35.5. The number of H-pyrrole nitrogens is 1. The van der Waals surface area contributed by atoms with Crippen LogP contribution in [-0.2, 0) is 0 Å². The predicted molar refractivity (Wildman–Crippen MR) is 55.7 cm³/mol. The van der Waals surface area contributed by atoms with Crippen molar-refractivity contribution in [2.45, 2.75) is 0 Å². The van der Waals surface area contributed by atoms with Crippen molar-refractivity contribution in [2.75, 3.05) is 0 Å². The zero-order valence-corrected chi connectivity index (χ0v) is 8.23. The molecule has 1 N–H and O–H groups in total. The van der Waals surface area contributed by atoms with Gasteiger partial charge in [-0.1, -0.05) is 11.6 Å². The average Bonchev–Trinajstić information content (AvgIpc) is 2.69. The van der Waals surface area contributed by atoms with Crippen LogP contribution in [0.2, 0.25) is 5.15 Å². The highest BCUT2D eigenvalue weighted by Gasteiger charge is 2.20. The van der Waals surface area contributed by atoms with Gasteiger partial charge in [-0.3, -0.25) is 10.1 Å². The van der Waals surface area contributed by atoms with Crippen LogP contribution < -0.4 is 0 Å². The van der Waals surface area contributed by atoms with Gasteiger partial charge in [0.1, 0.15) is 0 Å². The molecular formula is C9H6ClN3O2. The molecule has 0 saturated carbocycles. The zero-order chi connectivity index (χ0) is 10.8. The highest BCUT2D eigenvalue weighted by Crippen LogP contribution is 2.32. The predicted octanol–water partition coefficient (Wildman–Crippen LogP) is 2.64. The molecule has 0 aliphatic rings. The Labute approximate surface area is 89.9 Å². The number of aromatic amines is 1. The van der Waals surface area contributed by atoms with Crippen molar-refractivity contribution in [1.29, 1.82) is 0 Å². The molecule has 0 aromatic carbocycles. The van der Waals surface area contributed by atoms with E-state index >= 15 is 0 Å². The van der Waals surface area contributed by atoms with Gasteiger partial charge in [-0.05, 0) is 18.2 Å². The number of nitro groups is 1. The molecule has 0 spiro atoms. The molecule has 0 bridgehead atoms. The molecule has 2 rings (SSSR count). The van der Waals surface area contributed by atoms with E-state index in [2.05, 4.69) is 9.97 Å². The number of rotatable bonds is 2. The Morgan fingerprint density at radius 1 is 1.47 bits per heavy atom. The maximum Gasteiger partial charge on any atom is 0.315 e. The van der Waals surface area contributed by atoms with Crippen molar-refractivity contribution in [2.24, 2.45) is 0 Å². The minimum atomic E-state index is -0.536. The fourth-order valence-corrected chi connectivity index (χ4v) is 1.54.